The normalized spacial score (nSPS) is 13.7. The number of benzene rings is 3. The predicted molar refractivity (Wildman–Crippen MR) is 159 cm³/mol. The third-order valence-corrected chi connectivity index (χ3v) is 7.38. The molecular formula is C33H32N4O5. The van der Waals surface area contributed by atoms with Crippen LogP contribution in [0.15, 0.2) is 91.0 Å². The Labute approximate surface area is 243 Å². The molecular weight excluding hydrogens is 532 g/mol. The molecule has 1 fully saturated rings. The van der Waals surface area contributed by atoms with E-state index in [1.54, 1.807) is 0 Å². The molecule has 9 nitrogen and oxygen atoms in total. The summed E-state index contributed by atoms with van der Waals surface area (Å²) in [6.07, 6.45) is 0.409. The van der Waals surface area contributed by atoms with Crippen LogP contribution in [0.5, 0.6) is 17.5 Å². The Balaban J connectivity index is 1.26. The largest absolute Gasteiger partial charge is 0.490 e. The van der Waals surface area contributed by atoms with Crippen LogP contribution in [-0.2, 0) is 20.3 Å². The van der Waals surface area contributed by atoms with Crippen molar-refractivity contribution in [2.45, 2.75) is 32.2 Å². The molecule has 5 aromatic rings. The van der Waals surface area contributed by atoms with Crippen LogP contribution in [0.25, 0.3) is 22.2 Å². The van der Waals surface area contributed by atoms with E-state index < -0.39 is 6.09 Å². The van der Waals surface area contributed by atoms with E-state index in [1.807, 2.05) is 103 Å². The maximum Gasteiger partial charge on any atom is 0.407 e. The quantitative estimate of drug-likeness (QED) is 0.224. The Morgan fingerprint density at radius 1 is 0.881 bits per heavy atom. The van der Waals surface area contributed by atoms with E-state index in [0.717, 1.165) is 39.0 Å². The molecule has 1 aliphatic rings. The average Bonchev–Trinajstić information content (AvgIpc) is 3.35. The SMILES string of the molecule is Cn1nc(-c2ccc(OCc3ccccc3)nc2OCc2ccccc2)c2ccc(OC3CCN(C(=O)O)CC3)cc21. The molecule has 3 aromatic carbocycles. The van der Waals surface area contributed by atoms with E-state index in [2.05, 4.69) is 0 Å². The number of amides is 1. The second-order valence-corrected chi connectivity index (χ2v) is 10.3. The van der Waals surface area contributed by atoms with Crippen molar-refractivity contribution in [2.75, 3.05) is 13.1 Å². The second kappa shape index (κ2) is 12.2. The molecule has 1 saturated heterocycles. The third kappa shape index (κ3) is 6.15. The highest BCUT2D eigenvalue weighted by Gasteiger charge is 2.24. The fraction of sp³-hybridized carbons (Fsp3) is 0.242. The molecule has 0 bridgehead atoms. The molecule has 3 heterocycles. The number of nitrogens with zero attached hydrogens (tertiary/aromatic N) is 4. The topological polar surface area (TPSA) is 98.9 Å². The maximum absolute atomic E-state index is 11.2. The number of aromatic nitrogens is 3. The van der Waals surface area contributed by atoms with Gasteiger partial charge in [-0.2, -0.15) is 10.1 Å². The first-order valence-corrected chi connectivity index (χ1v) is 14.0. The van der Waals surface area contributed by atoms with E-state index in [4.69, 9.17) is 24.3 Å². The molecule has 0 atom stereocenters. The molecule has 1 aliphatic heterocycles. The van der Waals surface area contributed by atoms with Gasteiger partial charge in [0.1, 0.15) is 30.8 Å². The van der Waals surface area contributed by atoms with Gasteiger partial charge in [0.2, 0.25) is 11.8 Å². The average molecular weight is 565 g/mol. The van der Waals surface area contributed by atoms with Gasteiger partial charge < -0.3 is 24.2 Å². The first-order valence-electron chi connectivity index (χ1n) is 14.0. The van der Waals surface area contributed by atoms with Gasteiger partial charge in [0.25, 0.3) is 0 Å². The van der Waals surface area contributed by atoms with Crippen molar-refractivity contribution in [2.24, 2.45) is 7.05 Å². The van der Waals surface area contributed by atoms with Gasteiger partial charge >= 0.3 is 6.09 Å². The molecule has 0 saturated carbocycles. The lowest BCUT2D eigenvalue weighted by molar-refractivity contribution is 0.0895. The van der Waals surface area contributed by atoms with Crippen molar-refractivity contribution in [1.82, 2.24) is 19.7 Å². The number of hydrogen-bond donors (Lipinski definition) is 1. The van der Waals surface area contributed by atoms with Gasteiger partial charge in [0.05, 0.1) is 11.1 Å². The van der Waals surface area contributed by atoms with Gasteiger partial charge in [-0.3, -0.25) is 4.68 Å². The van der Waals surface area contributed by atoms with Crippen LogP contribution in [0.1, 0.15) is 24.0 Å². The van der Waals surface area contributed by atoms with Crippen molar-refractivity contribution < 1.29 is 24.1 Å². The van der Waals surface area contributed by atoms with E-state index in [0.29, 0.717) is 50.9 Å². The Kier molecular flexibility index (Phi) is 7.89. The van der Waals surface area contributed by atoms with Gasteiger partial charge in [-0.25, -0.2) is 4.79 Å². The highest BCUT2D eigenvalue weighted by molar-refractivity contribution is 5.95. The summed E-state index contributed by atoms with van der Waals surface area (Å²) in [5.41, 5.74) is 4.50. The molecule has 6 rings (SSSR count). The lowest BCUT2D eigenvalue weighted by Crippen LogP contribution is -2.41. The zero-order chi connectivity index (χ0) is 28.9. The van der Waals surface area contributed by atoms with Gasteiger partial charge in [0, 0.05) is 50.5 Å². The van der Waals surface area contributed by atoms with Crippen molar-refractivity contribution in [1.29, 1.82) is 0 Å². The molecule has 42 heavy (non-hydrogen) atoms. The summed E-state index contributed by atoms with van der Waals surface area (Å²) < 4.78 is 20.3. The summed E-state index contributed by atoms with van der Waals surface area (Å²) in [7, 11) is 1.90. The number of aryl methyl sites for hydroxylation is 1. The monoisotopic (exact) mass is 564 g/mol. The zero-order valence-corrected chi connectivity index (χ0v) is 23.3. The van der Waals surface area contributed by atoms with Gasteiger partial charge in [-0.1, -0.05) is 60.7 Å². The second-order valence-electron chi connectivity index (χ2n) is 10.3. The number of hydrogen-bond acceptors (Lipinski definition) is 6. The number of rotatable bonds is 9. The fourth-order valence-electron chi connectivity index (χ4n) is 5.12. The third-order valence-electron chi connectivity index (χ3n) is 7.38. The molecule has 214 valence electrons. The number of ether oxygens (including phenoxy) is 3. The Morgan fingerprint density at radius 2 is 1.55 bits per heavy atom. The minimum Gasteiger partial charge on any atom is -0.490 e. The standard InChI is InChI=1S/C33H32N4O5/c1-36-29-20-26(42-25-16-18-37(19-17-25)33(38)39)12-13-27(29)31(35-36)28-14-15-30(40-21-23-8-4-2-5-9-23)34-32(28)41-22-24-10-6-3-7-11-24/h2-15,20,25H,16-19,21-22H2,1H3,(H,38,39). The molecule has 1 N–H and O–H groups in total. The number of likely N-dealkylation sites (tertiary alicyclic amines) is 1. The number of pyridine rings is 1. The minimum absolute atomic E-state index is 0.0311. The number of carboxylic acid groups (broad SMARTS) is 1. The summed E-state index contributed by atoms with van der Waals surface area (Å²) >= 11 is 0. The highest BCUT2D eigenvalue weighted by Crippen LogP contribution is 2.36. The van der Waals surface area contributed by atoms with Crippen LogP contribution in [0.4, 0.5) is 4.79 Å². The van der Waals surface area contributed by atoms with Gasteiger partial charge in [-0.05, 0) is 29.3 Å². The smallest absolute Gasteiger partial charge is 0.407 e. The van der Waals surface area contributed by atoms with Crippen molar-refractivity contribution >= 4 is 17.0 Å². The van der Waals surface area contributed by atoms with Crippen LogP contribution in [0.3, 0.4) is 0 Å². The van der Waals surface area contributed by atoms with E-state index in [1.165, 1.54) is 4.90 Å². The lowest BCUT2D eigenvalue weighted by atomic mass is 10.1. The number of piperidine rings is 1. The van der Waals surface area contributed by atoms with Crippen LogP contribution in [0, 0.1) is 0 Å². The molecule has 2 aromatic heterocycles. The predicted octanol–water partition coefficient (Wildman–Crippen LogP) is 6.31. The molecule has 9 heteroatoms. The summed E-state index contributed by atoms with van der Waals surface area (Å²) in [6.45, 7) is 1.70. The van der Waals surface area contributed by atoms with E-state index >= 15 is 0 Å². The van der Waals surface area contributed by atoms with E-state index in [9.17, 15) is 9.90 Å². The molecule has 0 aliphatic carbocycles. The number of fused-ring (bicyclic) bond motifs is 1. The summed E-state index contributed by atoms with van der Waals surface area (Å²) in [5, 5.41) is 15.0. The Hall–Kier alpha value is -5.05. The van der Waals surface area contributed by atoms with Gasteiger partial charge in [0.15, 0.2) is 0 Å². The molecule has 1 amide bonds. The zero-order valence-electron chi connectivity index (χ0n) is 23.3. The Bertz CT molecular complexity index is 1660. The highest BCUT2D eigenvalue weighted by atomic mass is 16.5. The van der Waals surface area contributed by atoms with Crippen LogP contribution in [0.2, 0.25) is 0 Å². The van der Waals surface area contributed by atoms with Crippen LogP contribution in [-0.4, -0.2) is 50.1 Å². The van der Waals surface area contributed by atoms with Crippen molar-refractivity contribution in [3.05, 3.63) is 102 Å². The van der Waals surface area contributed by atoms with Crippen molar-refractivity contribution in [3.8, 4) is 28.8 Å². The summed E-state index contributed by atoms with van der Waals surface area (Å²) in [6, 6.07) is 29.6. The molecule has 0 radical (unpaired) electrons. The maximum atomic E-state index is 11.2. The van der Waals surface area contributed by atoms with Crippen LogP contribution < -0.4 is 14.2 Å². The van der Waals surface area contributed by atoms with Crippen molar-refractivity contribution in [3.63, 3.8) is 0 Å². The molecule has 0 spiro atoms. The lowest BCUT2D eigenvalue weighted by Gasteiger charge is -2.30. The van der Waals surface area contributed by atoms with Crippen LogP contribution >= 0.6 is 0 Å². The van der Waals surface area contributed by atoms with Gasteiger partial charge in [-0.15, -0.1) is 0 Å². The first-order chi connectivity index (χ1) is 20.5. The first kappa shape index (κ1) is 27.1. The summed E-state index contributed by atoms with van der Waals surface area (Å²) in [5.74, 6) is 1.64. The Morgan fingerprint density at radius 3 is 2.21 bits per heavy atom. The fourth-order valence-corrected chi connectivity index (χ4v) is 5.12. The molecule has 0 unspecified atom stereocenters. The van der Waals surface area contributed by atoms with E-state index in [-0.39, 0.29) is 6.10 Å². The minimum atomic E-state index is -0.880. The summed E-state index contributed by atoms with van der Waals surface area (Å²) in [4.78, 5) is 17.4. The number of carbonyl (C=O) groups is 1.